The van der Waals surface area contributed by atoms with E-state index in [0.29, 0.717) is 53.9 Å². The van der Waals surface area contributed by atoms with Crippen LogP contribution in [0.2, 0.25) is 10.0 Å². The van der Waals surface area contributed by atoms with Crippen molar-refractivity contribution in [1.82, 2.24) is 30.9 Å². The molecule has 52 heavy (non-hydrogen) atoms. The number of anilines is 2. The average molecular weight is 759 g/mol. The van der Waals surface area contributed by atoms with E-state index < -0.39 is 5.97 Å². The number of aryl methyl sites for hydroxylation is 1. The summed E-state index contributed by atoms with van der Waals surface area (Å²) in [7, 11) is 0. The highest BCUT2D eigenvalue weighted by molar-refractivity contribution is 7.18. The highest BCUT2D eigenvalue weighted by Crippen LogP contribution is 2.42. The van der Waals surface area contributed by atoms with Gasteiger partial charge in [-0.05, 0) is 62.3 Å². The van der Waals surface area contributed by atoms with Gasteiger partial charge < -0.3 is 26.4 Å². The Hall–Kier alpha value is -4.13. The molecule has 1 atom stereocenters. The number of carboxylic acids is 1. The number of thiazole rings is 1. The van der Waals surface area contributed by atoms with Crippen LogP contribution in [0.3, 0.4) is 0 Å². The molecular weight excluding hydrogens is 717 g/mol. The lowest BCUT2D eigenvalue weighted by molar-refractivity contribution is -0.142. The Labute approximate surface area is 316 Å². The topological polar surface area (TPSA) is 141 Å². The first kappa shape index (κ1) is 36.2. The number of carboxylic acid groups (broad SMARTS) is 1. The molecule has 13 heteroatoms. The van der Waals surface area contributed by atoms with Crippen LogP contribution >= 0.6 is 34.5 Å². The van der Waals surface area contributed by atoms with E-state index in [2.05, 4.69) is 39.2 Å². The number of halogens is 2. The van der Waals surface area contributed by atoms with Gasteiger partial charge >= 0.3 is 5.97 Å². The van der Waals surface area contributed by atoms with Crippen LogP contribution in [0.4, 0.5) is 11.5 Å². The number of aliphatic carboxylic acids is 1. The summed E-state index contributed by atoms with van der Waals surface area (Å²) in [5.74, 6) is -0.195. The average Bonchev–Trinajstić information content (AvgIpc) is 3.78. The summed E-state index contributed by atoms with van der Waals surface area (Å²) >= 11 is 15.8. The van der Waals surface area contributed by atoms with Crippen LogP contribution in [0, 0.1) is 5.92 Å². The summed E-state index contributed by atoms with van der Waals surface area (Å²) in [5, 5.41) is 24.8. The summed E-state index contributed by atoms with van der Waals surface area (Å²) in [6.45, 7) is 4.11. The minimum absolute atomic E-state index is 0.120. The summed E-state index contributed by atoms with van der Waals surface area (Å²) in [5.41, 5.74) is 6.75. The standard InChI is InChI=1S/C39H41Cl2N7O3S/c1-2-29-23(19-42-20-25-14-16-33(49)45-25)11-15-30(46-29)28-7-3-5-26(35(28)40)27-6-4-8-31(36(27)41)47-38-37-32(17-18-43-38)52-34(48-37)21-44-24-12-9-22(10-13-24)39(50)51/h3-8,11,15,17-18,22,24-25,42,44H,2,9-10,12-14,16,19-21H2,1H3,(H,43,47)(H,45,49)(H,50,51)/t22-,24-,25-/m0/s1. The fraction of sp³-hybridized carbons (Fsp3) is 0.359. The second kappa shape index (κ2) is 16.3. The van der Waals surface area contributed by atoms with Crippen molar-refractivity contribution < 1.29 is 14.7 Å². The van der Waals surface area contributed by atoms with E-state index in [1.165, 1.54) is 0 Å². The van der Waals surface area contributed by atoms with Gasteiger partial charge in [0.05, 0.1) is 32.0 Å². The number of fused-ring (bicyclic) bond motifs is 1. The number of carbonyl (C=O) groups excluding carboxylic acids is 1. The zero-order valence-corrected chi connectivity index (χ0v) is 31.2. The predicted molar refractivity (Wildman–Crippen MR) is 208 cm³/mol. The van der Waals surface area contributed by atoms with Crippen LogP contribution in [0.1, 0.15) is 61.7 Å². The second-order valence-electron chi connectivity index (χ2n) is 13.4. The number of amides is 1. The Morgan fingerprint density at radius 2 is 1.71 bits per heavy atom. The highest BCUT2D eigenvalue weighted by Gasteiger charge is 2.26. The van der Waals surface area contributed by atoms with Crippen LogP contribution in [0.5, 0.6) is 0 Å². The summed E-state index contributed by atoms with van der Waals surface area (Å²) < 4.78 is 1.01. The summed E-state index contributed by atoms with van der Waals surface area (Å²) in [6.07, 6.45) is 7.09. The number of rotatable bonds is 13. The maximum absolute atomic E-state index is 11.5. The van der Waals surface area contributed by atoms with Gasteiger partial charge in [-0.2, -0.15) is 0 Å². The third-order valence-electron chi connectivity index (χ3n) is 9.98. The van der Waals surface area contributed by atoms with Crippen LogP contribution in [0.15, 0.2) is 60.8 Å². The minimum Gasteiger partial charge on any atom is -0.481 e. The van der Waals surface area contributed by atoms with Gasteiger partial charge in [0.1, 0.15) is 10.5 Å². The molecule has 3 aromatic heterocycles. The molecule has 5 N–H and O–H groups in total. The molecule has 5 aromatic rings. The molecule has 0 radical (unpaired) electrons. The van der Waals surface area contributed by atoms with Crippen molar-refractivity contribution in [3.8, 4) is 22.4 Å². The molecule has 2 aromatic carbocycles. The Balaban J connectivity index is 1.07. The molecule has 4 heterocycles. The Morgan fingerprint density at radius 1 is 0.942 bits per heavy atom. The number of aromatic nitrogens is 3. The second-order valence-corrected chi connectivity index (χ2v) is 15.3. The molecule has 0 bridgehead atoms. The van der Waals surface area contributed by atoms with Crippen molar-refractivity contribution in [1.29, 1.82) is 0 Å². The summed E-state index contributed by atoms with van der Waals surface area (Å²) in [4.78, 5) is 37.4. The van der Waals surface area contributed by atoms with Gasteiger partial charge in [-0.15, -0.1) is 11.3 Å². The molecule has 1 saturated heterocycles. The molecule has 2 fully saturated rings. The van der Waals surface area contributed by atoms with Crippen molar-refractivity contribution in [3.05, 3.63) is 87.1 Å². The van der Waals surface area contributed by atoms with E-state index in [1.807, 2.05) is 48.5 Å². The van der Waals surface area contributed by atoms with Crippen molar-refractivity contribution in [2.45, 2.75) is 77.0 Å². The van der Waals surface area contributed by atoms with Gasteiger partial charge in [0, 0.05) is 66.7 Å². The Morgan fingerprint density at radius 3 is 2.46 bits per heavy atom. The number of nitrogens with zero attached hydrogens (tertiary/aromatic N) is 3. The lowest BCUT2D eigenvalue weighted by Crippen LogP contribution is -2.35. The fourth-order valence-electron chi connectivity index (χ4n) is 7.11. The highest BCUT2D eigenvalue weighted by atomic mass is 35.5. The van der Waals surface area contributed by atoms with E-state index in [1.54, 1.807) is 17.5 Å². The van der Waals surface area contributed by atoms with Crippen molar-refractivity contribution in [3.63, 3.8) is 0 Å². The van der Waals surface area contributed by atoms with E-state index in [4.69, 9.17) is 33.2 Å². The number of nitrogens with one attached hydrogen (secondary N) is 4. The van der Waals surface area contributed by atoms with E-state index in [0.717, 1.165) is 81.1 Å². The zero-order chi connectivity index (χ0) is 36.2. The van der Waals surface area contributed by atoms with Crippen LogP contribution < -0.4 is 21.3 Å². The molecule has 270 valence electrons. The third kappa shape index (κ3) is 8.09. The molecule has 10 nitrogen and oxygen atoms in total. The molecule has 1 aliphatic heterocycles. The zero-order valence-electron chi connectivity index (χ0n) is 28.8. The number of pyridine rings is 2. The predicted octanol–water partition coefficient (Wildman–Crippen LogP) is 8.13. The first-order valence-corrected chi connectivity index (χ1v) is 19.4. The monoisotopic (exact) mass is 757 g/mol. The summed E-state index contributed by atoms with van der Waals surface area (Å²) in [6, 6.07) is 18.2. The van der Waals surface area contributed by atoms with E-state index in [9.17, 15) is 14.7 Å². The first-order valence-electron chi connectivity index (χ1n) is 17.8. The largest absolute Gasteiger partial charge is 0.481 e. The lowest BCUT2D eigenvalue weighted by atomic mass is 9.86. The van der Waals surface area contributed by atoms with Gasteiger partial charge in [0.25, 0.3) is 0 Å². The normalized spacial score (nSPS) is 18.8. The molecule has 0 spiro atoms. The molecule has 2 aliphatic rings. The number of carbonyl (C=O) groups is 2. The smallest absolute Gasteiger partial charge is 0.306 e. The first-order chi connectivity index (χ1) is 25.3. The molecule has 1 saturated carbocycles. The molecule has 0 unspecified atom stereocenters. The quantitative estimate of drug-likeness (QED) is 0.0805. The Bertz CT molecular complexity index is 2100. The number of benzene rings is 2. The fourth-order valence-corrected chi connectivity index (χ4v) is 8.62. The number of hydrogen-bond donors (Lipinski definition) is 5. The molecule has 1 aliphatic carbocycles. The Kier molecular flexibility index (Phi) is 11.3. The third-order valence-corrected chi connectivity index (χ3v) is 11.8. The number of hydrogen-bond acceptors (Lipinski definition) is 9. The van der Waals surface area contributed by atoms with E-state index >= 15 is 0 Å². The van der Waals surface area contributed by atoms with Gasteiger partial charge in [0.2, 0.25) is 5.91 Å². The van der Waals surface area contributed by atoms with Crippen LogP contribution in [-0.4, -0.2) is 50.6 Å². The minimum atomic E-state index is -0.692. The lowest BCUT2D eigenvalue weighted by Gasteiger charge is -2.26. The van der Waals surface area contributed by atoms with Gasteiger partial charge in [-0.3, -0.25) is 14.6 Å². The van der Waals surface area contributed by atoms with Crippen molar-refractivity contribution in [2.24, 2.45) is 5.92 Å². The molecule has 7 rings (SSSR count). The van der Waals surface area contributed by atoms with Gasteiger partial charge in [-0.1, -0.05) is 66.5 Å². The molecule has 1 amide bonds. The SMILES string of the molecule is CCc1nc(-c2cccc(-c3cccc(Nc4nccc5sc(CN[C@H]6CC[C@H](C(=O)O)CC6)nc45)c3Cl)c2Cl)ccc1CNC[C@@H]1CCC(=O)N1. The van der Waals surface area contributed by atoms with Crippen molar-refractivity contribution >= 4 is 68.1 Å². The van der Waals surface area contributed by atoms with E-state index in [-0.39, 0.29) is 23.9 Å². The molecular formula is C39H41Cl2N7O3S. The maximum atomic E-state index is 11.5. The van der Waals surface area contributed by atoms with Gasteiger partial charge in [0.15, 0.2) is 5.82 Å². The maximum Gasteiger partial charge on any atom is 0.306 e. The van der Waals surface area contributed by atoms with Crippen LogP contribution in [-0.2, 0) is 29.1 Å². The van der Waals surface area contributed by atoms with Gasteiger partial charge in [-0.25, -0.2) is 9.97 Å². The van der Waals surface area contributed by atoms with Crippen LogP contribution in [0.25, 0.3) is 32.6 Å². The van der Waals surface area contributed by atoms with Crippen molar-refractivity contribution in [2.75, 3.05) is 11.9 Å².